The Morgan fingerprint density at radius 1 is 1.04 bits per heavy atom. The van der Waals surface area contributed by atoms with Gasteiger partial charge in [-0.3, -0.25) is 4.98 Å². The fourth-order valence-corrected chi connectivity index (χ4v) is 2.57. The van der Waals surface area contributed by atoms with Crippen LogP contribution in [0.1, 0.15) is 11.3 Å². The highest BCUT2D eigenvalue weighted by atomic mass is 79.9. The van der Waals surface area contributed by atoms with E-state index in [1.165, 1.54) is 0 Å². The van der Waals surface area contributed by atoms with Gasteiger partial charge in [0.15, 0.2) is 0 Å². The molecule has 0 saturated carbocycles. The minimum atomic E-state index is 0.565. The number of benzene rings is 1. The van der Waals surface area contributed by atoms with Crippen LogP contribution in [0.3, 0.4) is 0 Å². The molecule has 6 heteroatoms. The average Bonchev–Trinajstić information content (AvgIpc) is 2.57. The van der Waals surface area contributed by atoms with Crippen molar-refractivity contribution in [2.24, 2.45) is 0 Å². The summed E-state index contributed by atoms with van der Waals surface area (Å²) in [6, 6.07) is 13.7. The van der Waals surface area contributed by atoms with Gasteiger partial charge in [0.25, 0.3) is 0 Å². The quantitative estimate of drug-likeness (QED) is 0.701. The van der Waals surface area contributed by atoms with Crippen molar-refractivity contribution in [3.63, 3.8) is 0 Å². The highest BCUT2D eigenvalue weighted by Crippen LogP contribution is 2.23. The van der Waals surface area contributed by atoms with Crippen LogP contribution in [0.4, 0.5) is 17.5 Å². The largest absolute Gasteiger partial charge is 0.349 e. The summed E-state index contributed by atoms with van der Waals surface area (Å²) in [5.74, 6) is 1.31. The molecule has 0 atom stereocenters. The fourth-order valence-electron chi connectivity index (χ4n) is 2.09. The lowest BCUT2D eigenvalue weighted by Gasteiger charge is -2.10. The lowest BCUT2D eigenvalue weighted by atomic mass is 10.2. The van der Waals surface area contributed by atoms with Crippen molar-refractivity contribution in [1.82, 2.24) is 15.0 Å². The third kappa shape index (κ3) is 4.26. The number of hydrogen-bond acceptors (Lipinski definition) is 5. The number of anilines is 3. The van der Waals surface area contributed by atoms with Crippen LogP contribution >= 0.6 is 15.9 Å². The molecule has 116 valence electrons. The van der Waals surface area contributed by atoms with Gasteiger partial charge in [0.2, 0.25) is 5.95 Å². The molecule has 0 saturated heterocycles. The van der Waals surface area contributed by atoms with Gasteiger partial charge in [-0.25, -0.2) is 4.98 Å². The zero-order valence-corrected chi connectivity index (χ0v) is 14.2. The average molecular weight is 370 g/mol. The lowest BCUT2D eigenvalue weighted by molar-refractivity contribution is 1.00. The molecule has 2 N–H and O–H groups in total. The van der Waals surface area contributed by atoms with E-state index >= 15 is 0 Å². The first-order valence-electron chi connectivity index (χ1n) is 7.21. The molecule has 1 aromatic carbocycles. The molecular weight excluding hydrogens is 354 g/mol. The number of nitrogens with one attached hydrogen (secondary N) is 2. The molecule has 0 bridgehead atoms. The van der Waals surface area contributed by atoms with Crippen LogP contribution in [-0.4, -0.2) is 15.0 Å². The second-order valence-electron chi connectivity index (χ2n) is 5.02. The summed E-state index contributed by atoms with van der Waals surface area (Å²) in [4.78, 5) is 13.0. The summed E-state index contributed by atoms with van der Waals surface area (Å²) < 4.78 is 1.06. The maximum Gasteiger partial charge on any atom is 0.224 e. The zero-order valence-electron chi connectivity index (χ0n) is 12.6. The molecule has 5 nitrogen and oxygen atoms in total. The van der Waals surface area contributed by atoms with E-state index in [1.807, 2.05) is 36.4 Å². The van der Waals surface area contributed by atoms with Crippen LogP contribution in [0.5, 0.6) is 0 Å². The highest BCUT2D eigenvalue weighted by molar-refractivity contribution is 9.10. The van der Waals surface area contributed by atoms with E-state index < -0.39 is 0 Å². The molecule has 0 aliphatic heterocycles. The predicted molar refractivity (Wildman–Crippen MR) is 95.8 cm³/mol. The van der Waals surface area contributed by atoms with Crippen LogP contribution in [0.25, 0.3) is 0 Å². The van der Waals surface area contributed by atoms with Gasteiger partial charge in [-0.2, -0.15) is 4.98 Å². The summed E-state index contributed by atoms with van der Waals surface area (Å²) in [5.41, 5.74) is 3.10. The summed E-state index contributed by atoms with van der Waals surface area (Å²) >= 11 is 3.47. The standard InChI is InChI=1S/C17H16BrN5/c1-12-10-13(18)5-6-15(12)22-16-7-9-20-17(23-16)21-11-14-4-2-3-8-19-14/h2-10H,11H2,1H3,(H2,20,21,22,23). The van der Waals surface area contributed by atoms with Crippen molar-refractivity contribution < 1.29 is 0 Å². The molecule has 0 fully saturated rings. The lowest BCUT2D eigenvalue weighted by Crippen LogP contribution is -2.06. The van der Waals surface area contributed by atoms with Crippen LogP contribution in [0, 0.1) is 6.92 Å². The van der Waals surface area contributed by atoms with Gasteiger partial charge in [-0.1, -0.05) is 22.0 Å². The van der Waals surface area contributed by atoms with Gasteiger partial charge in [0.05, 0.1) is 12.2 Å². The van der Waals surface area contributed by atoms with Gasteiger partial charge in [-0.05, 0) is 48.9 Å². The maximum absolute atomic E-state index is 4.47. The first kappa shape index (κ1) is 15.4. The molecule has 3 aromatic rings. The van der Waals surface area contributed by atoms with E-state index in [0.717, 1.165) is 27.2 Å². The number of rotatable bonds is 5. The third-order valence-electron chi connectivity index (χ3n) is 3.26. The molecule has 0 spiro atoms. The molecule has 0 unspecified atom stereocenters. The Labute approximate surface area is 143 Å². The minimum absolute atomic E-state index is 0.565. The molecule has 2 heterocycles. The maximum atomic E-state index is 4.47. The Morgan fingerprint density at radius 2 is 1.96 bits per heavy atom. The minimum Gasteiger partial charge on any atom is -0.349 e. The Kier molecular flexibility index (Phi) is 4.83. The Bertz CT molecular complexity index is 792. The van der Waals surface area contributed by atoms with Crippen LogP contribution in [0.15, 0.2) is 59.3 Å². The van der Waals surface area contributed by atoms with Crippen LogP contribution < -0.4 is 10.6 Å². The Balaban J connectivity index is 1.69. The second-order valence-corrected chi connectivity index (χ2v) is 5.94. The first-order chi connectivity index (χ1) is 11.2. The summed E-state index contributed by atoms with van der Waals surface area (Å²) in [6.07, 6.45) is 3.50. The van der Waals surface area contributed by atoms with Gasteiger partial charge in [-0.15, -0.1) is 0 Å². The van der Waals surface area contributed by atoms with E-state index in [2.05, 4.69) is 54.5 Å². The van der Waals surface area contributed by atoms with E-state index in [4.69, 9.17) is 0 Å². The highest BCUT2D eigenvalue weighted by Gasteiger charge is 2.03. The number of aromatic nitrogens is 3. The number of hydrogen-bond donors (Lipinski definition) is 2. The molecular formula is C17H16BrN5. The monoisotopic (exact) mass is 369 g/mol. The Morgan fingerprint density at radius 3 is 2.74 bits per heavy atom. The number of aryl methyl sites for hydroxylation is 1. The van der Waals surface area contributed by atoms with E-state index in [-0.39, 0.29) is 0 Å². The molecule has 3 rings (SSSR count). The van der Waals surface area contributed by atoms with Gasteiger partial charge >= 0.3 is 0 Å². The van der Waals surface area contributed by atoms with Gasteiger partial charge < -0.3 is 10.6 Å². The van der Waals surface area contributed by atoms with E-state index in [9.17, 15) is 0 Å². The molecule has 0 amide bonds. The van der Waals surface area contributed by atoms with Crippen molar-refractivity contribution in [3.05, 3.63) is 70.6 Å². The number of nitrogens with zero attached hydrogens (tertiary/aromatic N) is 3. The second kappa shape index (κ2) is 7.19. The summed E-state index contributed by atoms with van der Waals surface area (Å²) in [6.45, 7) is 2.64. The predicted octanol–water partition coefficient (Wildman–Crippen LogP) is 4.30. The van der Waals surface area contributed by atoms with Crippen molar-refractivity contribution in [2.45, 2.75) is 13.5 Å². The van der Waals surface area contributed by atoms with Crippen molar-refractivity contribution in [2.75, 3.05) is 10.6 Å². The van der Waals surface area contributed by atoms with Gasteiger partial charge in [0.1, 0.15) is 5.82 Å². The fraction of sp³-hybridized carbons (Fsp3) is 0.118. The van der Waals surface area contributed by atoms with Crippen LogP contribution in [-0.2, 0) is 6.54 Å². The van der Waals surface area contributed by atoms with Crippen molar-refractivity contribution in [3.8, 4) is 0 Å². The number of halogens is 1. The normalized spacial score (nSPS) is 10.3. The van der Waals surface area contributed by atoms with E-state index in [1.54, 1.807) is 12.4 Å². The summed E-state index contributed by atoms with van der Waals surface area (Å²) in [5, 5.41) is 6.49. The molecule has 0 radical (unpaired) electrons. The first-order valence-corrected chi connectivity index (χ1v) is 8.00. The molecule has 2 aromatic heterocycles. The van der Waals surface area contributed by atoms with Gasteiger partial charge in [0, 0.05) is 22.6 Å². The van der Waals surface area contributed by atoms with Crippen molar-refractivity contribution in [1.29, 1.82) is 0 Å². The topological polar surface area (TPSA) is 62.7 Å². The summed E-state index contributed by atoms with van der Waals surface area (Å²) in [7, 11) is 0. The Hall–Kier alpha value is -2.47. The molecule has 0 aliphatic rings. The smallest absolute Gasteiger partial charge is 0.224 e. The van der Waals surface area contributed by atoms with Crippen LogP contribution in [0.2, 0.25) is 0 Å². The SMILES string of the molecule is Cc1cc(Br)ccc1Nc1ccnc(NCc2ccccn2)n1. The van der Waals surface area contributed by atoms with Crippen molar-refractivity contribution >= 4 is 33.4 Å². The molecule has 23 heavy (non-hydrogen) atoms. The van der Waals surface area contributed by atoms with E-state index in [0.29, 0.717) is 12.5 Å². The zero-order chi connectivity index (χ0) is 16.1. The third-order valence-corrected chi connectivity index (χ3v) is 3.75. The number of pyridine rings is 1. The molecule has 0 aliphatic carbocycles.